The van der Waals surface area contributed by atoms with Crippen LogP contribution < -0.4 is 0 Å². The van der Waals surface area contributed by atoms with Gasteiger partial charge in [-0.2, -0.15) is 0 Å². The van der Waals surface area contributed by atoms with Gasteiger partial charge in [-0.1, -0.05) is 30.3 Å². The summed E-state index contributed by atoms with van der Waals surface area (Å²) in [6, 6.07) is 10.7. The smallest absolute Gasteiger partial charge is 0.410 e. The van der Waals surface area contributed by atoms with Crippen LogP contribution in [0.3, 0.4) is 0 Å². The fourth-order valence-corrected chi connectivity index (χ4v) is 4.09. The van der Waals surface area contributed by atoms with E-state index < -0.39 is 5.60 Å². The molecule has 1 aliphatic heterocycles. The molecule has 1 amide bonds. The van der Waals surface area contributed by atoms with Crippen molar-refractivity contribution < 1.29 is 9.53 Å². The Balaban J connectivity index is 1.90. The summed E-state index contributed by atoms with van der Waals surface area (Å²) >= 11 is 0. The maximum atomic E-state index is 12.7. The third-order valence-corrected chi connectivity index (χ3v) is 5.36. The highest BCUT2D eigenvalue weighted by Crippen LogP contribution is 2.61. The van der Waals surface area contributed by atoms with Crippen LogP contribution in [0.25, 0.3) is 0 Å². The van der Waals surface area contributed by atoms with Crippen molar-refractivity contribution in [2.24, 2.45) is 0 Å². The largest absolute Gasteiger partial charge is 0.444 e. The van der Waals surface area contributed by atoms with E-state index in [9.17, 15) is 4.79 Å². The number of hydrogen-bond donors (Lipinski definition) is 0. The summed E-state index contributed by atoms with van der Waals surface area (Å²) in [5.41, 5.74) is 0.913. The van der Waals surface area contributed by atoms with Crippen LogP contribution >= 0.6 is 0 Å². The number of rotatable bonds is 2. The second-order valence-corrected chi connectivity index (χ2v) is 7.96. The standard InChI is InChI=1S/C19H27NO2/c1-17(2,3)22-16(21)20-14-8-11-18(20,4)19(12-13-19)15-9-6-5-7-10-15/h5-7,9-10H,8,11-14H2,1-4H3. The minimum atomic E-state index is -0.440. The number of carbonyl (C=O) groups excluding carboxylic acids is 1. The molecular weight excluding hydrogens is 274 g/mol. The number of benzene rings is 1. The quantitative estimate of drug-likeness (QED) is 0.804. The van der Waals surface area contributed by atoms with Gasteiger partial charge in [0.05, 0.1) is 5.54 Å². The number of ether oxygens (including phenoxy) is 1. The van der Waals surface area contributed by atoms with Crippen molar-refractivity contribution in [1.29, 1.82) is 0 Å². The summed E-state index contributed by atoms with van der Waals surface area (Å²) in [4.78, 5) is 14.7. The van der Waals surface area contributed by atoms with Crippen LogP contribution in [-0.2, 0) is 10.2 Å². The van der Waals surface area contributed by atoms with Crippen molar-refractivity contribution >= 4 is 6.09 Å². The van der Waals surface area contributed by atoms with Gasteiger partial charge in [0.25, 0.3) is 0 Å². The zero-order chi connectivity index (χ0) is 16.0. The molecule has 120 valence electrons. The predicted molar refractivity (Wildman–Crippen MR) is 87.9 cm³/mol. The molecule has 1 saturated heterocycles. The lowest BCUT2D eigenvalue weighted by molar-refractivity contribution is 0.00367. The van der Waals surface area contributed by atoms with Crippen LogP contribution in [0.4, 0.5) is 4.79 Å². The lowest BCUT2D eigenvalue weighted by Crippen LogP contribution is -2.54. The van der Waals surface area contributed by atoms with E-state index in [1.807, 2.05) is 25.7 Å². The Kier molecular flexibility index (Phi) is 3.50. The van der Waals surface area contributed by atoms with Crippen molar-refractivity contribution in [2.75, 3.05) is 6.54 Å². The van der Waals surface area contributed by atoms with Gasteiger partial charge in [0, 0.05) is 12.0 Å². The Morgan fingerprint density at radius 3 is 2.32 bits per heavy atom. The summed E-state index contributed by atoms with van der Waals surface area (Å²) in [5, 5.41) is 0. The number of carbonyl (C=O) groups is 1. The Bertz CT molecular complexity index is 557. The van der Waals surface area contributed by atoms with Crippen LogP contribution in [0.2, 0.25) is 0 Å². The molecule has 3 nitrogen and oxygen atoms in total. The van der Waals surface area contributed by atoms with E-state index in [-0.39, 0.29) is 17.0 Å². The molecule has 2 aliphatic rings. The summed E-state index contributed by atoms with van der Waals surface area (Å²) in [6.45, 7) is 8.86. The number of nitrogens with zero attached hydrogens (tertiary/aromatic N) is 1. The van der Waals surface area contributed by atoms with Crippen molar-refractivity contribution in [3.05, 3.63) is 35.9 Å². The number of amides is 1. The highest BCUT2D eigenvalue weighted by Gasteiger charge is 2.62. The summed E-state index contributed by atoms with van der Waals surface area (Å²) in [6.07, 6.45) is 4.28. The Labute approximate surface area is 133 Å². The zero-order valence-corrected chi connectivity index (χ0v) is 14.2. The maximum Gasteiger partial charge on any atom is 0.410 e. The minimum Gasteiger partial charge on any atom is -0.444 e. The van der Waals surface area contributed by atoms with E-state index >= 15 is 0 Å². The molecule has 0 aromatic heterocycles. The molecule has 1 aromatic carbocycles. The molecule has 0 spiro atoms. The number of likely N-dealkylation sites (tertiary alicyclic amines) is 1. The van der Waals surface area contributed by atoms with Gasteiger partial charge in [-0.25, -0.2) is 4.79 Å². The van der Waals surface area contributed by atoms with Crippen LogP contribution in [-0.4, -0.2) is 28.7 Å². The first kappa shape index (κ1) is 15.4. The second-order valence-electron chi connectivity index (χ2n) is 7.96. The minimum absolute atomic E-state index is 0.113. The lowest BCUT2D eigenvalue weighted by atomic mass is 9.75. The second kappa shape index (κ2) is 5.00. The van der Waals surface area contributed by atoms with Crippen molar-refractivity contribution in [1.82, 2.24) is 4.90 Å². The van der Waals surface area contributed by atoms with Gasteiger partial charge in [-0.05, 0) is 58.9 Å². The molecule has 1 heterocycles. The maximum absolute atomic E-state index is 12.7. The van der Waals surface area contributed by atoms with E-state index in [1.165, 1.54) is 5.56 Å². The lowest BCUT2D eigenvalue weighted by Gasteiger charge is -2.43. The Morgan fingerprint density at radius 2 is 1.77 bits per heavy atom. The van der Waals surface area contributed by atoms with Crippen molar-refractivity contribution in [3.8, 4) is 0 Å². The summed E-state index contributed by atoms with van der Waals surface area (Å²) in [5.74, 6) is 0. The average molecular weight is 301 g/mol. The van der Waals surface area contributed by atoms with E-state index in [0.717, 1.165) is 32.2 Å². The molecule has 22 heavy (non-hydrogen) atoms. The van der Waals surface area contributed by atoms with E-state index in [1.54, 1.807) is 0 Å². The first-order chi connectivity index (χ1) is 10.3. The fraction of sp³-hybridized carbons (Fsp3) is 0.632. The predicted octanol–water partition coefficient (Wildman–Crippen LogP) is 4.51. The Hall–Kier alpha value is -1.51. The molecule has 1 saturated carbocycles. The van der Waals surface area contributed by atoms with Gasteiger partial charge in [0.15, 0.2) is 0 Å². The molecule has 1 aromatic rings. The summed E-state index contributed by atoms with van der Waals surface area (Å²) < 4.78 is 5.66. The van der Waals surface area contributed by atoms with Gasteiger partial charge in [0.1, 0.15) is 5.60 Å². The fourth-order valence-electron chi connectivity index (χ4n) is 4.09. The third-order valence-electron chi connectivity index (χ3n) is 5.36. The van der Waals surface area contributed by atoms with Crippen LogP contribution in [0.1, 0.15) is 58.9 Å². The molecule has 1 aliphatic carbocycles. The molecule has 1 atom stereocenters. The van der Waals surface area contributed by atoms with E-state index in [2.05, 4.69) is 37.3 Å². The molecular formula is C19H27NO2. The molecule has 3 heteroatoms. The first-order valence-electron chi connectivity index (χ1n) is 8.35. The monoisotopic (exact) mass is 301 g/mol. The highest BCUT2D eigenvalue weighted by atomic mass is 16.6. The van der Waals surface area contributed by atoms with E-state index in [4.69, 9.17) is 4.74 Å². The molecule has 3 rings (SSSR count). The van der Waals surface area contributed by atoms with E-state index in [0.29, 0.717) is 0 Å². The molecule has 0 bridgehead atoms. The third kappa shape index (κ3) is 2.41. The van der Waals surface area contributed by atoms with Gasteiger partial charge >= 0.3 is 6.09 Å². The van der Waals surface area contributed by atoms with Gasteiger partial charge in [0.2, 0.25) is 0 Å². The Morgan fingerprint density at radius 1 is 1.14 bits per heavy atom. The molecule has 0 radical (unpaired) electrons. The molecule has 0 N–H and O–H groups in total. The van der Waals surface area contributed by atoms with Gasteiger partial charge in [-0.3, -0.25) is 0 Å². The van der Waals surface area contributed by atoms with Gasteiger partial charge < -0.3 is 9.64 Å². The van der Waals surface area contributed by atoms with Crippen LogP contribution in [0.15, 0.2) is 30.3 Å². The summed E-state index contributed by atoms with van der Waals surface area (Å²) in [7, 11) is 0. The number of hydrogen-bond acceptors (Lipinski definition) is 2. The highest BCUT2D eigenvalue weighted by molar-refractivity contribution is 5.70. The topological polar surface area (TPSA) is 29.5 Å². The van der Waals surface area contributed by atoms with Crippen molar-refractivity contribution in [3.63, 3.8) is 0 Å². The first-order valence-corrected chi connectivity index (χ1v) is 8.35. The average Bonchev–Trinajstić information content (AvgIpc) is 3.17. The molecule has 1 unspecified atom stereocenters. The SMILES string of the molecule is CC(C)(C)OC(=O)N1CCCC1(C)C1(c2ccccc2)CC1. The molecule has 2 fully saturated rings. The van der Waals surface area contributed by atoms with Crippen molar-refractivity contribution in [2.45, 2.75) is 69.9 Å². The normalized spacial score (nSPS) is 26.8. The zero-order valence-electron chi connectivity index (χ0n) is 14.2. The van der Waals surface area contributed by atoms with Crippen LogP contribution in [0, 0.1) is 0 Å². The van der Waals surface area contributed by atoms with Crippen LogP contribution in [0.5, 0.6) is 0 Å². The van der Waals surface area contributed by atoms with Gasteiger partial charge in [-0.15, -0.1) is 0 Å².